The van der Waals surface area contributed by atoms with Crippen molar-refractivity contribution in [2.24, 2.45) is 5.92 Å². The van der Waals surface area contributed by atoms with Crippen LogP contribution in [0.5, 0.6) is 0 Å². The van der Waals surface area contributed by atoms with Gasteiger partial charge in [0.25, 0.3) is 5.91 Å². The fraction of sp³-hybridized carbons (Fsp3) is 0.308. The summed E-state index contributed by atoms with van der Waals surface area (Å²) in [5, 5.41) is 9.81. The molecule has 3 N–H and O–H groups in total. The van der Waals surface area contributed by atoms with Crippen molar-refractivity contribution in [3.63, 3.8) is 0 Å². The number of amides is 1. The summed E-state index contributed by atoms with van der Waals surface area (Å²) in [5.41, 5.74) is 5.94. The maximum atomic E-state index is 11.8. The molecule has 2 aromatic carbocycles. The third kappa shape index (κ3) is 7.30. The second-order valence-corrected chi connectivity index (χ2v) is 8.26. The molecule has 174 valence electrons. The van der Waals surface area contributed by atoms with E-state index in [0.717, 1.165) is 29.6 Å². The van der Waals surface area contributed by atoms with Crippen molar-refractivity contribution in [2.45, 2.75) is 26.8 Å². The zero-order valence-corrected chi connectivity index (χ0v) is 19.1. The smallest absolute Gasteiger partial charge is 0.308 e. The lowest BCUT2D eigenvalue weighted by atomic mass is 10.1. The summed E-state index contributed by atoms with van der Waals surface area (Å²) < 4.78 is 5.41. The molecule has 0 aliphatic rings. The molecule has 0 spiro atoms. The first-order valence-corrected chi connectivity index (χ1v) is 11.1. The summed E-state index contributed by atoms with van der Waals surface area (Å²) in [4.78, 5) is 28.6. The third-order valence-electron chi connectivity index (χ3n) is 5.42. The second-order valence-electron chi connectivity index (χ2n) is 8.26. The Balaban J connectivity index is 1.65. The van der Waals surface area contributed by atoms with E-state index in [4.69, 9.17) is 9.94 Å². The minimum absolute atomic E-state index is 0.141. The van der Waals surface area contributed by atoms with Gasteiger partial charge in [-0.05, 0) is 35.3 Å². The minimum Gasteiger partial charge on any atom is -0.464 e. The van der Waals surface area contributed by atoms with Gasteiger partial charge in [-0.25, -0.2) is 5.48 Å². The molecule has 0 unspecified atom stereocenters. The van der Waals surface area contributed by atoms with Crippen molar-refractivity contribution >= 4 is 28.9 Å². The van der Waals surface area contributed by atoms with Gasteiger partial charge in [-0.15, -0.1) is 0 Å². The summed E-state index contributed by atoms with van der Waals surface area (Å²) in [6, 6.07) is 16.1. The number of H-pyrrole nitrogens is 1. The minimum atomic E-state index is -0.571. The van der Waals surface area contributed by atoms with Gasteiger partial charge in [-0.3, -0.25) is 19.7 Å². The Morgan fingerprint density at radius 1 is 1.12 bits per heavy atom. The van der Waals surface area contributed by atoms with Crippen LogP contribution in [0, 0.1) is 5.92 Å². The monoisotopic (exact) mass is 449 g/mol. The number of carbonyl (C=O) groups is 2. The van der Waals surface area contributed by atoms with E-state index >= 15 is 0 Å². The highest BCUT2D eigenvalue weighted by Crippen LogP contribution is 2.19. The van der Waals surface area contributed by atoms with E-state index in [0.29, 0.717) is 19.7 Å². The van der Waals surface area contributed by atoms with Crippen LogP contribution in [0.1, 0.15) is 30.5 Å². The Hall–Kier alpha value is -3.42. The number of hydrogen-bond acceptors (Lipinski definition) is 5. The van der Waals surface area contributed by atoms with Crippen LogP contribution in [-0.4, -0.2) is 46.7 Å². The van der Waals surface area contributed by atoms with E-state index in [2.05, 4.69) is 28.2 Å². The lowest BCUT2D eigenvalue weighted by molar-refractivity contribution is -0.147. The Morgan fingerprint density at radius 2 is 1.88 bits per heavy atom. The van der Waals surface area contributed by atoms with Gasteiger partial charge < -0.3 is 9.72 Å². The quantitative estimate of drug-likeness (QED) is 0.178. The van der Waals surface area contributed by atoms with Crippen molar-refractivity contribution in [3.8, 4) is 0 Å². The van der Waals surface area contributed by atoms with Crippen LogP contribution < -0.4 is 5.48 Å². The molecule has 0 saturated heterocycles. The zero-order chi connectivity index (χ0) is 23.6. The van der Waals surface area contributed by atoms with Crippen LogP contribution in [-0.2, 0) is 27.3 Å². The molecular formula is C26H31N3O4. The molecule has 0 saturated carbocycles. The topological polar surface area (TPSA) is 94.7 Å². The van der Waals surface area contributed by atoms with Crippen LogP contribution in [0.25, 0.3) is 17.0 Å². The first kappa shape index (κ1) is 24.2. The summed E-state index contributed by atoms with van der Waals surface area (Å²) in [6.45, 7) is 6.18. The molecule has 0 aliphatic heterocycles. The number of rotatable bonds is 11. The summed E-state index contributed by atoms with van der Waals surface area (Å²) in [6.07, 6.45) is 5.84. The normalized spacial score (nSPS) is 11.5. The molecule has 3 aromatic rings. The Labute approximate surface area is 194 Å². The fourth-order valence-corrected chi connectivity index (χ4v) is 3.53. The highest BCUT2D eigenvalue weighted by molar-refractivity contribution is 5.90. The molecule has 0 fully saturated rings. The van der Waals surface area contributed by atoms with Gasteiger partial charge in [-0.2, -0.15) is 0 Å². The summed E-state index contributed by atoms with van der Waals surface area (Å²) in [5.74, 6) is -0.897. The number of hydrogen-bond donors (Lipinski definition) is 3. The first-order valence-electron chi connectivity index (χ1n) is 11.1. The number of carbonyl (C=O) groups excluding carboxylic acids is 2. The standard InChI is InChI=1S/C26H31N3O4/c1-19(2)26(31)33-16-15-29(14-13-22-17-27-24-6-4-3-5-23(22)24)18-21-9-7-20(8-10-21)11-12-25(30)28-32/h3-12,17,19,27,32H,13-16,18H2,1-2H3,(H,28,30). The van der Waals surface area contributed by atoms with E-state index in [1.54, 1.807) is 11.6 Å². The van der Waals surface area contributed by atoms with Crippen LogP contribution >= 0.6 is 0 Å². The first-order chi connectivity index (χ1) is 16.0. The molecular weight excluding hydrogens is 418 g/mol. The van der Waals surface area contributed by atoms with Gasteiger partial charge in [0.1, 0.15) is 6.61 Å². The van der Waals surface area contributed by atoms with E-state index in [9.17, 15) is 9.59 Å². The number of esters is 1. The molecule has 1 heterocycles. The average Bonchev–Trinajstić information content (AvgIpc) is 3.24. The van der Waals surface area contributed by atoms with E-state index in [-0.39, 0.29) is 11.9 Å². The predicted molar refractivity (Wildman–Crippen MR) is 128 cm³/mol. The number of fused-ring (bicyclic) bond motifs is 1. The van der Waals surface area contributed by atoms with Gasteiger partial charge in [0.2, 0.25) is 0 Å². The summed E-state index contributed by atoms with van der Waals surface area (Å²) in [7, 11) is 0. The maximum absolute atomic E-state index is 11.8. The van der Waals surface area contributed by atoms with E-state index in [1.165, 1.54) is 17.0 Å². The largest absolute Gasteiger partial charge is 0.464 e. The number of hydroxylamine groups is 1. The molecule has 0 radical (unpaired) electrons. The SMILES string of the molecule is CC(C)C(=O)OCCN(CCc1c[nH]c2ccccc12)Cc1ccc(C=CC(=O)NO)cc1. The van der Waals surface area contributed by atoms with Crippen molar-refractivity contribution in [1.29, 1.82) is 0 Å². The molecule has 7 heteroatoms. The van der Waals surface area contributed by atoms with Gasteiger partial charge in [0.15, 0.2) is 0 Å². The highest BCUT2D eigenvalue weighted by Gasteiger charge is 2.12. The van der Waals surface area contributed by atoms with Crippen LogP contribution in [0.2, 0.25) is 0 Å². The lowest BCUT2D eigenvalue weighted by Gasteiger charge is -2.22. The van der Waals surface area contributed by atoms with Gasteiger partial charge in [0.05, 0.1) is 5.92 Å². The number of aromatic nitrogens is 1. The number of nitrogens with one attached hydrogen (secondary N) is 2. The number of nitrogens with zero attached hydrogens (tertiary/aromatic N) is 1. The van der Waals surface area contributed by atoms with Gasteiger partial charge >= 0.3 is 5.97 Å². The van der Waals surface area contributed by atoms with E-state index < -0.39 is 5.91 Å². The number of benzene rings is 2. The third-order valence-corrected chi connectivity index (χ3v) is 5.42. The molecule has 0 atom stereocenters. The highest BCUT2D eigenvalue weighted by atomic mass is 16.5. The maximum Gasteiger partial charge on any atom is 0.308 e. The predicted octanol–water partition coefficient (Wildman–Crippen LogP) is 3.93. The van der Waals surface area contributed by atoms with Crippen LogP contribution in [0.15, 0.2) is 60.8 Å². The fourth-order valence-electron chi connectivity index (χ4n) is 3.53. The molecule has 1 aromatic heterocycles. The Kier molecular flexibility index (Phi) is 8.80. The van der Waals surface area contributed by atoms with Gasteiger partial charge in [-0.1, -0.05) is 56.3 Å². The van der Waals surface area contributed by atoms with Crippen molar-refractivity contribution in [2.75, 3.05) is 19.7 Å². The molecule has 7 nitrogen and oxygen atoms in total. The van der Waals surface area contributed by atoms with Crippen molar-refractivity contribution < 1.29 is 19.5 Å². The second kappa shape index (κ2) is 12.0. The van der Waals surface area contributed by atoms with Crippen molar-refractivity contribution in [1.82, 2.24) is 15.4 Å². The zero-order valence-electron chi connectivity index (χ0n) is 19.1. The van der Waals surface area contributed by atoms with Crippen LogP contribution in [0.3, 0.4) is 0 Å². The Bertz CT molecular complexity index is 1090. The number of aromatic amines is 1. The average molecular weight is 450 g/mol. The summed E-state index contributed by atoms with van der Waals surface area (Å²) >= 11 is 0. The molecule has 3 rings (SSSR count). The number of ether oxygens (including phenoxy) is 1. The van der Waals surface area contributed by atoms with Gasteiger partial charge in [0, 0.05) is 42.8 Å². The van der Waals surface area contributed by atoms with Crippen LogP contribution in [0.4, 0.5) is 0 Å². The lowest BCUT2D eigenvalue weighted by Crippen LogP contribution is -2.30. The number of para-hydroxylation sites is 1. The molecule has 0 aliphatic carbocycles. The van der Waals surface area contributed by atoms with Crippen molar-refractivity contribution in [3.05, 3.63) is 77.5 Å². The molecule has 0 bridgehead atoms. The molecule has 33 heavy (non-hydrogen) atoms. The molecule has 1 amide bonds. The Morgan fingerprint density at radius 3 is 2.61 bits per heavy atom. The van der Waals surface area contributed by atoms with E-state index in [1.807, 2.05) is 50.2 Å².